The van der Waals surface area contributed by atoms with E-state index in [2.05, 4.69) is 27.8 Å². The Bertz CT molecular complexity index is 742. The van der Waals surface area contributed by atoms with Crippen molar-refractivity contribution in [2.75, 3.05) is 32.8 Å². The lowest BCUT2D eigenvalue weighted by Crippen LogP contribution is -2.30. The number of hydrogen-bond acceptors (Lipinski definition) is 5. The Hall–Kier alpha value is -2.25. The van der Waals surface area contributed by atoms with Crippen molar-refractivity contribution < 1.29 is 9.53 Å². The van der Waals surface area contributed by atoms with Crippen molar-refractivity contribution in [3.8, 4) is 0 Å². The molecule has 1 atom stereocenters. The van der Waals surface area contributed by atoms with Crippen molar-refractivity contribution in [2.45, 2.75) is 31.9 Å². The first-order chi connectivity index (χ1) is 13.3. The maximum absolute atomic E-state index is 12.7. The van der Waals surface area contributed by atoms with Gasteiger partial charge < -0.3 is 15.0 Å². The summed E-state index contributed by atoms with van der Waals surface area (Å²) in [6.45, 7) is 4.78. The first kappa shape index (κ1) is 18.1. The number of rotatable bonds is 6. The van der Waals surface area contributed by atoms with E-state index >= 15 is 0 Å². The summed E-state index contributed by atoms with van der Waals surface area (Å²) < 4.78 is 7.71. The molecule has 2 aliphatic heterocycles. The molecule has 2 aliphatic rings. The van der Waals surface area contributed by atoms with Gasteiger partial charge in [0.15, 0.2) is 5.69 Å². The number of carbonyl (C=O) groups excluding carboxylic acids is 1. The number of likely N-dealkylation sites (tertiary alicyclic amines) is 1. The van der Waals surface area contributed by atoms with Gasteiger partial charge in [0.05, 0.1) is 25.5 Å². The molecule has 2 fully saturated rings. The van der Waals surface area contributed by atoms with Crippen molar-refractivity contribution in [3.05, 3.63) is 47.8 Å². The van der Waals surface area contributed by atoms with Crippen LogP contribution in [0.1, 0.15) is 41.4 Å². The summed E-state index contributed by atoms with van der Waals surface area (Å²) in [6, 6.07) is 10.5. The van der Waals surface area contributed by atoms with Gasteiger partial charge in [-0.1, -0.05) is 35.5 Å². The number of nitrogens with one attached hydrogen (secondary N) is 1. The molecule has 7 heteroatoms. The smallest absolute Gasteiger partial charge is 0.276 e. The van der Waals surface area contributed by atoms with Crippen molar-refractivity contribution in [3.63, 3.8) is 0 Å². The summed E-state index contributed by atoms with van der Waals surface area (Å²) in [5, 5.41) is 11.7. The zero-order valence-electron chi connectivity index (χ0n) is 15.6. The van der Waals surface area contributed by atoms with E-state index in [1.54, 1.807) is 0 Å². The van der Waals surface area contributed by atoms with Crippen LogP contribution < -0.4 is 5.32 Å². The molecular formula is C20H27N5O2. The van der Waals surface area contributed by atoms with E-state index in [-0.39, 0.29) is 5.91 Å². The second kappa shape index (κ2) is 8.63. The molecule has 1 N–H and O–H groups in total. The maximum atomic E-state index is 12.7. The van der Waals surface area contributed by atoms with Crippen LogP contribution in [0, 0.1) is 5.92 Å². The Morgan fingerprint density at radius 2 is 2.00 bits per heavy atom. The van der Waals surface area contributed by atoms with E-state index in [1.165, 1.54) is 5.56 Å². The summed E-state index contributed by atoms with van der Waals surface area (Å²) >= 11 is 0. The van der Waals surface area contributed by atoms with E-state index < -0.39 is 0 Å². The van der Waals surface area contributed by atoms with Gasteiger partial charge in [0, 0.05) is 19.0 Å². The van der Waals surface area contributed by atoms with Gasteiger partial charge in [0.25, 0.3) is 5.91 Å². The van der Waals surface area contributed by atoms with Crippen LogP contribution >= 0.6 is 0 Å². The van der Waals surface area contributed by atoms with E-state index in [1.807, 2.05) is 34.0 Å². The highest BCUT2D eigenvalue weighted by Crippen LogP contribution is 2.21. The summed E-state index contributed by atoms with van der Waals surface area (Å²) in [5.74, 6) is 0.373. The average Bonchev–Trinajstić information content (AvgIpc) is 3.39. The normalized spacial score (nSPS) is 20.9. The quantitative estimate of drug-likeness (QED) is 0.842. The molecule has 2 aromatic rings. The zero-order chi connectivity index (χ0) is 18.5. The highest BCUT2D eigenvalue weighted by molar-refractivity contribution is 5.92. The molecule has 2 saturated heterocycles. The third-order valence-corrected chi connectivity index (χ3v) is 5.45. The van der Waals surface area contributed by atoms with Crippen LogP contribution in [-0.2, 0) is 11.3 Å². The fourth-order valence-electron chi connectivity index (χ4n) is 3.86. The van der Waals surface area contributed by atoms with Crippen LogP contribution in [0.2, 0.25) is 0 Å². The number of hydrogen-bond donors (Lipinski definition) is 1. The van der Waals surface area contributed by atoms with Crippen LogP contribution in [-0.4, -0.2) is 58.6 Å². The highest BCUT2D eigenvalue weighted by Gasteiger charge is 2.29. The number of piperidine rings is 1. The minimum Gasteiger partial charge on any atom is -0.376 e. The molecule has 0 aliphatic carbocycles. The molecule has 0 bridgehead atoms. The van der Waals surface area contributed by atoms with Crippen LogP contribution in [0.4, 0.5) is 0 Å². The Morgan fingerprint density at radius 1 is 1.19 bits per heavy atom. The van der Waals surface area contributed by atoms with Gasteiger partial charge in [-0.2, -0.15) is 0 Å². The summed E-state index contributed by atoms with van der Waals surface area (Å²) in [5.41, 5.74) is 1.64. The number of ether oxygens (including phenoxy) is 1. The van der Waals surface area contributed by atoms with Gasteiger partial charge in [-0.15, -0.1) is 5.10 Å². The molecule has 4 rings (SSSR count). The standard InChI is InChI=1S/C20H27N5O2/c26-20(19-13-25(23-22-19)18-6-9-21-10-7-18)24-11-8-17(12-24)15-27-14-16-4-2-1-3-5-16/h1-5,13,17-18,21H,6-12,14-15H2. The second-order valence-electron chi connectivity index (χ2n) is 7.47. The average molecular weight is 369 g/mol. The fourth-order valence-corrected chi connectivity index (χ4v) is 3.86. The van der Waals surface area contributed by atoms with Crippen LogP contribution in [0.15, 0.2) is 36.5 Å². The first-order valence-electron chi connectivity index (χ1n) is 9.83. The number of aromatic nitrogens is 3. The third-order valence-electron chi connectivity index (χ3n) is 5.45. The molecule has 27 heavy (non-hydrogen) atoms. The largest absolute Gasteiger partial charge is 0.376 e. The molecule has 1 aromatic heterocycles. The Morgan fingerprint density at radius 3 is 2.81 bits per heavy atom. The van der Waals surface area contributed by atoms with Gasteiger partial charge >= 0.3 is 0 Å². The minimum atomic E-state index is -0.0132. The zero-order valence-corrected chi connectivity index (χ0v) is 15.6. The summed E-state index contributed by atoms with van der Waals surface area (Å²) in [6.07, 6.45) is 4.85. The Balaban J connectivity index is 1.26. The Labute approximate surface area is 159 Å². The van der Waals surface area contributed by atoms with E-state index in [0.717, 1.165) is 45.4 Å². The topological polar surface area (TPSA) is 72.3 Å². The minimum absolute atomic E-state index is 0.0132. The van der Waals surface area contributed by atoms with Gasteiger partial charge in [0.1, 0.15) is 0 Å². The summed E-state index contributed by atoms with van der Waals surface area (Å²) in [7, 11) is 0. The van der Waals surface area contributed by atoms with Gasteiger partial charge in [0.2, 0.25) is 0 Å². The Kier molecular flexibility index (Phi) is 5.79. The number of carbonyl (C=O) groups is 1. The third kappa shape index (κ3) is 4.54. The van der Waals surface area contributed by atoms with Gasteiger partial charge in [-0.25, -0.2) is 4.68 Å². The van der Waals surface area contributed by atoms with E-state index in [0.29, 0.717) is 30.9 Å². The molecule has 3 heterocycles. The molecule has 144 valence electrons. The van der Waals surface area contributed by atoms with Crippen molar-refractivity contribution in [1.82, 2.24) is 25.2 Å². The van der Waals surface area contributed by atoms with Crippen molar-refractivity contribution in [1.29, 1.82) is 0 Å². The highest BCUT2D eigenvalue weighted by atomic mass is 16.5. The number of amides is 1. The molecule has 0 radical (unpaired) electrons. The lowest BCUT2D eigenvalue weighted by atomic mass is 10.1. The lowest BCUT2D eigenvalue weighted by Gasteiger charge is -2.22. The molecular weight excluding hydrogens is 342 g/mol. The van der Waals surface area contributed by atoms with Crippen molar-refractivity contribution in [2.24, 2.45) is 5.92 Å². The SMILES string of the molecule is O=C(c1cn(C2CCNCC2)nn1)N1CCC(COCc2ccccc2)C1. The monoisotopic (exact) mass is 369 g/mol. The second-order valence-corrected chi connectivity index (χ2v) is 7.47. The predicted molar refractivity (Wildman–Crippen MR) is 101 cm³/mol. The van der Waals surface area contributed by atoms with Crippen LogP contribution in [0.3, 0.4) is 0 Å². The molecule has 0 saturated carbocycles. The van der Waals surface area contributed by atoms with Gasteiger partial charge in [-0.05, 0) is 37.9 Å². The first-order valence-corrected chi connectivity index (χ1v) is 9.83. The molecule has 1 aromatic carbocycles. The van der Waals surface area contributed by atoms with E-state index in [4.69, 9.17) is 4.74 Å². The molecule has 7 nitrogen and oxygen atoms in total. The molecule has 1 unspecified atom stereocenters. The van der Waals surface area contributed by atoms with Crippen LogP contribution in [0.5, 0.6) is 0 Å². The van der Waals surface area contributed by atoms with E-state index in [9.17, 15) is 4.79 Å². The predicted octanol–water partition coefficient (Wildman–Crippen LogP) is 1.88. The van der Waals surface area contributed by atoms with Crippen molar-refractivity contribution >= 4 is 5.91 Å². The molecule has 1 amide bonds. The summed E-state index contributed by atoms with van der Waals surface area (Å²) in [4.78, 5) is 14.6. The lowest BCUT2D eigenvalue weighted by molar-refractivity contribution is 0.0728. The van der Waals surface area contributed by atoms with Gasteiger partial charge in [-0.3, -0.25) is 4.79 Å². The maximum Gasteiger partial charge on any atom is 0.276 e. The number of benzene rings is 1. The fraction of sp³-hybridized carbons (Fsp3) is 0.550. The van der Waals surface area contributed by atoms with Crippen LogP contribution in [0.25, 0.3) is 0 Å². The number of nitrogens with zero attached hydrogens (tertiary/aromatic N) is 4. The molecule has 0 spiro atoms.